The van der Waals surface area contributed by atoms with E-state index in [1.165, 1.54) is 4.90 Å². The van der Waals surface area contributed by atoms with Gasteiger partial charge in [0.1, 0.15) is 0 Å². The number of piperidine rings is 1. The highest BCUT2D eigenvalue weighted by atomic mass is 19.4. The van der Waals surface area contributed by atoms with E-state index >= 15 is 0 Å². The Morgan fingerprint density at radius 1 is 1.29 bits per heavy atom. The minimum Gasteiger partial charge on any atom is -0.340 e. The van der Waals surface area contributed by atoms with Crippen molar-refractivity contribution in [3.63, 3.8) is 0 Å². The average molecular weight is 438 g/mol. The second kappa shape index (κ2) is 8.12. The molecule has 4 heterocycles. The third-order valence-electron chi connectivity index (χ3n) is 6.05. The maximum Gasteiger partial charge on any atom is 0.417 e. The van der Waals surface area contributed by atoms with E-state index in [4.69, 9.17) is 4.52 Å². The number of alkyl halides is 3. The Kier molecular flexibility index (Phi) is 5.65. The van der Waals surface area contributed by atoms with Crippen molar-refractivity contribution in [1.29, 1.82) is 0 Å². The summed E-state index contributed by atoms with van der Waals surface area (Å²) in [6, 6.07) is 1.07. The van der Waals surface area contributed by atoms with Gasteiger partial charge in [0.15, 0.2) is 0 Å². The Morgan fingerprint density at radius 2 is 2.06 bits per heavy atom. The topological polar surface area (TPSA) is 79.5 Å². The number of hydrogen-bond donors (Lipinski definition) is 0. The van der Waals surface area contributed by atoms with Gasteiger partial charge in [-0.25, -0.2) is 4.98 Å². The molecule has 0 spiro atoms. The summed E-state index contributed by atoms with van der Waals surface area (Å²) in [5.74, 6) is -0.813. The average Bonchev–Trinajstić information content (AvgIpc) is 3.32. The number of likely N-dealkylation sites (tertiary alicyclic amines) is 2. The monoisotopic (exact) mass is 438 g/mol. The molecule has 168 valence electrons. The van der Waals surface area contributed by atoms with Gasteiger partial charge in [-0.3, -0.25) is 9.59 Å². The normalized spacial score (nSPS) is 20.3. The van der Waals surface area contributed by atoms with Crippen LogP contribution in [0.4, 0.5) is 13.2 Å². The zero-order valence-electron chi connectivity index (χ0n) is 17.5. The summed E-state index contributed by atoms with van der Waals surface area (Å²) in [6.07, 6.45) is -2.15. The van der Waals surface area contributed by atoms with Gasteiger partial charge in [0, 0.05) is 37.7 Å². The Bertz CT molecular complexity index is 1000. The summed E-state index contributed by atoms with van der Waals surface area (Å²) < 4.78 is 46.8. The molecule has 7 nitrogen and oxygen atoms in total. The molecule has 2 aromatic rings. The molecule has 0 N–H and O–H groups in total. The van der Waals surface area contributed by atoms with Gasteiger partial charge in [0.2, 0.25) is 11.8 Å². The number of carbonyl (C=O) groups excluding carboxylic acids is 2. The molecule has 2 aliphatic heterocycles. The maximum atomic E-state index is 13.9. The van der Waals surface area contributed by atoms with Crippen LogP contribution in [0.1, 0.15) is 68.3 Å². The molecule has 0 saturated carbocycles. The van der Waals surface area contributed by atoms with Crippen molar-refractivity contribution >= 4 is 22.9 Å². The SMILES string of the molecule is CC(C)c1cc(C(F)(F)F)c2c([C@@H]3CCCN(C(=O)CN4CCCC4=O)C3)noc2n1. The van der Waals surface area contributed by atoms with E-state index in [0.717, 1.165) is 12.5 Å². The molecule has 0 aromatic carbocycles. The lowest BCUT2D eigenvalue weighted by molar-refractivity contribution is -0.139. The minimum atomic E-state index is -4.58. The molecule has 2 amide bonds. The van der Waals surface area contributed by atoms with Gasteiger partial charge < -0.3 is 14.3 Å². The fourth-order valence-corrected chi connectivity index (χ4v) is 4.35. The van der Waals surface area contributed by atoms with Crippen LogP contribution in [0.3, 0.4) is 0 Å². The Balaban J connectivity index is 1.62. The number of halogens is 3. The van der Waals surface area contributed by atoms with Crippen molar-refractivity contribution in [3.8, 4) is 0 Å². The number of pyridine rings is 1. The summed E-state index contributed by atoms with van der Waals surface area (Å²) in [7, 11) is 0. The highest BCUT2D eigenvalue weighted by Crippen LogP contribution is 2.40. The smallest absolute Gasteiger partial charge is 0.340 e. The predicted molar refractivity (Wildman–Crippen MR) is 105 cm³/mol. The summed E-state index contributed by atoms with van der Waals surface area (Å²) >= 11 is 0. The number of fused-ring (bicyclic) bond motifs is 1. The first-order valence-corrected chi connectivity index (χ1v) is 10.6. The van der Waals surface area contributed by atoms with Crippen LogP contribution in [0.5, 0.6) is 0 Å². The van der Waals surface area contributed by atoms with Gasteiger partial charge in [-0.2, -0.15) is 13.2 Å². The molecule has 2 fully saturated rings. The molecule has 0 radical (unpaired) electrons. The lowest BCUT2D eigenvalue weighted by Gasteiger charge is -2.33. The second-order valence-electron chi connectivity index (χ2n) is 8.59. The lowest BCUT2D eigenvalue weighted by atomic mass is 9.91. The summed E-state index contributed by atoms with van der Waals surface area (Å²) in [5.41, 5.74) is -0.443. The third kappa shape index (κ3) is 4.24. The molecule has 10 heteroatoms. The van der Waals surface area contributed by atoms with Crippen LogP contribution in [0.2, 0.25) is 0 Å². The van der Waals surface area contributed by atoms with Crippen LogP contribution in [-0.2, 0) is 15.8 Å². The van der Waals surface area contributed by atoms with Crippen molar-refractivity contribution in [2.45, 2.75) is 57.5 Å². The highest BCUT2D eigenvalue weighted by molar-refractivity contribution is 5.86. The first-order chi connectivity index (χ1) is 14.6. The Hall–Kier alpha value is -2.65. The van der Waals surface area contributed by atoms with Crippen molar-refractivity contribution in [2.75, 3.05) is 26.2 Å². The van der Waals surface area contributed by atoms with Gasteiger partial charge in [-0.05, 0) is 31.2 Å². The van der Waals surface area contributed by atoms with E-state index in [0.29, 0.717) is 38.0 Å². The van der Waals surface area contributed by atoms with Gasteiger partial charge in [-0.1, -0.05) is 19.0 Å². The molecule has 0 unspecified atom stereocenters. The first kappa shape index (κ1) is 21.6. The molecular weight excluding hydrogens is 413 g/mol. The number of rotatable bonds is 4. The Labute approximate surface area is 177 Å². The third-order valence-corrected chi connectivity index (χ3v) is 6.05. The van der Waals surface area contributed by atoms with Crippen molar-refractivity contribution in [3.05, 3.63) is 23.0 Å². The molecular formula is C21H25F3N4O3. The standard InChI is InChI=1S/C21H25F3N4O3/c1-12(2)15-9-14(21(22,23)24)18-19(26-31-20(18)25-15)13-5-3-7-27(10-13)17(30)11-28-8-4-6-16(28)29/h9,12-13H,3-8,10-11H2,1-2H3/t13-/m1/s1. The van der Waals surface area contributed by atoms with Crippen molar-refractivity contribution in [1.82, 2.24) is 19.9 Å². The molecule has 1 atom stereocenters. The van der Waals surface area contributed by atoms with Gasteiger partial charge in [0.05, 0.1) is 23.2 Å². The quantitative estimate of drug-likeness (QED) is 0.728. The second-order valence-corrected chi connectivity index (χ2v) is 8.59. The van der Waals surface area contributed by atoms with Crippen molar-refractivity contribution < 1.29 is 27.3 Å². The largest absolute Gasteiger partial charge is 0.417 e. The van der Waals surface area contributed by atoms with E-state index in [1.54, 1.807) is 18.7 Å². The zero-order valence-corrected chi connectivity index (χ0v) is 17.5. The van der Waals surface area contributed by atoms with Gasteiger partial charge in [0.25, 0.3) is 5.71 Å². The number of aromatic nitrogens is 2. The van der Waals surface area contributed by atoms with Crippen LogP contribution in [0.25, 0.3) is 11.1 Å². The van der Waals surface area contributed by atoms with E-state index in [9.17, 15) is 22.8 Å². The maximum absolute atomic E-state index is 13.9. The molecule has 4 rings (SSSR count). The molecule has 0 aliphatic carbocycles. The summed E-state index contributed by atoms with van der Waals surface area (Å²) in [4.78, 5) is 31.9. The fraction of sp³-hybridized carbons (Fsp3) is 0.619. The fourth-order valence-electron chi connectivity index (χ4n) is 4.35. The van der Waals surface area contributed by atoms with Crippen molar-refractivity contribution in [2.24, 2.45) is 0 Å². The lowest BCUT2D eigenvalue weighted by Crippen LogP contribution is -2.45. The number of nitrogens with zero attached hydrogens (tertiary/aromatic N) is 4. The number of hydrogen-bond acceptors (Lipinski definition) is 5. The molecule has 2 saturated heterocycles. The number of carbonyl (C=O) groups is 2. The van der Waals surface area contributed by atoms with E-state index < -0.39 is 11.7 Å². The zero-order chi connectivity index (χ0) is 22.3. The van der Waals surface area contributed by atoms with Gasteiger partial charge >= 0.3 is 6.18 Å². The van der Waals surface area contributed by atoms with Gasteiger partial charge in [-0.15, -0.1) is 0 Å². The minimum absolute atomic E-state index is 0.0121. The molecule has 31 heavy (non-hydrogen) atoms. The molecule has 2 aliphatic rings. The van der Waals surface area contributed by atoms with Crippen LogP contribution >= 0.6 is 0 Å². The number of amides is 2. The molecule has 2 aromatic heterocycles. The van der Waals surface area contributed by atoms with Crippen LogP contribution < -0.4 is 0 Å². The summed E-state index contributed by atoms with van der Waals surface area (Å²) in [6.45, 7) is 4.86. The van der Waals surface area contributed by atoms with Crippen LogP contribution in [-0.4, -0.2) is 57.9 Å². The molecule has 0 bridgehead atoms. The van der Waals surface area contributed by atoms with E-state index in [2.05, 4.69) is 10.1 Å². The van der Waals surface area contributed by atoms with Crippen LogP contribution in [0.15, 0.2) is 10.6 Å². The van der Waals surface area contributed by atoms with E-state index in [-0.39, 0.29) is 53.5 Å². The first-order valence-electron chi connectivity index (χ1n) is 10.6. The van der Waals surface area contributed by atoms with Crippen LogP contribution in [0, 0.1) is 0 Å². The summed E-state index contributed by atoms with van der Waals surface area (Å²) in [5, 5.41) is 3.84. The highest BCUT2D eigenvalue weighted by Gasteiger charge is 2.38. The predicted octanol–water partition coefficient (Wildman–Crippen LogP) is 3.69. The Morgan fingerprint density at radius 3 is 2.71 bits per heavy atom. The van der Waals surface area contributed by atoms with E-state index in [1.807, 2.05) is 0 Å².